The SMILES string of the molecule is CCOC(=O)C1=C(OC)C(=O)N(C)C1. The maximum absolute atomic E-state index is 11.4. The van der Waals surface area contributed by atoms with Gasteiger partial charge in [-0.2, -0.15) is 0 Å². The molecule has 14 heavy (non-hydrogen) atoms. The van der Waals surface area contributed by atoms with Crippen molar-refractivity contribution in [2.45, 2.75) is 6.92 Å². The molecule has 1 rings (SSSR count). The lowest BCUT2D eigenvalue weighted by molar-refractivity contribution is -0.138. The van der Waals surface area contributed by atoms with Gasteiger partial charge in [0, 0.05) is 7.05 Å². The Morgan fingerprint density at radius 3 is 2.71 bits per heavy atom. The monoisotopic (exact) mass is 199 g/mol. The van der Waals surface area contributed by atoms with Crippen molar-refractivity contribution in [3.63, 3.8) is 0 Å². The van der Waals surface area contributed by atoms with Crippen molar-refractivity contribution in [2.24, 2.45) is 0 Å². The number of amides is 1. The Bertz CT molecular complexity index is 295. The van der Waals surface area contributed by atoms with Crippen LogP contribution in [0.4, 0.5) is 0 Å². The van der Waals surface area contributed by atoms with Gasteiger partial charge in [0.05, 0.1) is 20.3 Å². The fourth-order valence-electron chi connectivity index (χ4n) is 1.27. The van der Waals surface area contributed by atoms with Gasteiger partial charge in [0.15, 0.2) is 5.76 Å². The molecule has 0 unspecified atom stereocenters. The first-order valence-electron chi connectivity index (χ1n) is 4.31. The zero-order valence-electron chi connectivity index (χ0n) is 8.49. The van der Waals surface area contributed by atoms with Crippen LogP contribution in [0.3, 0.4) is 0 Å². The Morgan fingerprint density at radius 2 is 2.21 bits per heavy atom. The lowest BCUT2D eigenvalue weighted by Gasteiger charge is -2.06. The molecule has 0 aromatic carbocycles. The molecule has 0 aliphatic carbocycles. The van der Waals surface area contributed by atoms with Crippen LogP contribution in [0, 0.1) is 0 Å². The van der Waals surface area contributed by atoms with E-state index in [1.54, 1.807) is 14.0 Å². The first-order chi connectivity index (χ1) is 6.61. The second kappa shape index (κ2) is 4.13. The molecule has 1 heterocycles. The highest BCUT2D eigenvalue weighted by Gasteiger charge is 2.33. The molecule has 0 fully saturated rings. The number of methoxy groups -OCH3 is 1. The highest BCUT2D eigenvalue weighted by atomic mass is 16.5. The van der Waals surface area contributed by atoms with Gasteiger partial charge in [-0.05, 0) is 6.92 Å². The van der Waals surface area contributed by atoms with Crippen LogP contribution in [0.1, 0.15) is 6.92 Å². The minimum atomic E-state index is -0.484. The molecular weight excluding hydrogens is 186 g/mol. The molecular formula is C9H13NO4. The van der Waals surface area contributed by atoms with Crippen molar-refractivity contribution >= 4 is 11.9 Å². The van der Waals surface area contributed by atoms with Crippen molar-refractivity contribution < 1.29 is 19.1 Å². The number of ether oxygens (including phenoxy) is 2. The van der Waals surface area contributed by atoms with Gasteiger partial charge in [0.25, 0.3) is 5.91 Å². The van der Waals surface area contributed by atoms with Gasteiger partial charge in [-0.25, -0.2) is 4.79 Å². The van der Waals surface area contributed by atoms with Crippen molar-refractivity contribution in [3.8, 4) is 0 Å². The van der Waals surface area contributed by atoms with Crippen molar-refractivity contribution in [1.82, 2.24) is 4.90 Å². The second-order valence-electron chi connectivity index (χ2n) is 2.89. The molecule has 1 aliphatic heterocycles. The number of likely N-dealkylation sites (N-methyl/N-ethyl adjacent to an activating group) is 1. The van der Waals surface area contributed by atoms with E-state index in [1.165, 1.54) is 12.0 Å². The average Bonchev–Trinajstić information content (AvgIpc) is 2.44. The number of hydrogen-bond acceptors (Lipinski definition) is 4. The zero-order chi connectivity index (χ0) is 10.7. The molecule has 0 saturated carbocycles. The van der Waals surface area contributed by atoms with Crippen molar-refractivity contribution in [3.05, 3.63) is 11.3 Å². The molecule has 0 spiro atoms. The molecule has 5 heteroatoms. The van der Waals surface area contributed by atoms with Crippen LogP contribution < -0.4 is 0 Å². The lowest BCUT2D eigenvalue weighted by atomic mass is 10.2. The third-order valence-corrected chi connectivity index (χ3v) is 1.94. The number of carbonyl (C=O) groups is 2. The molecule has 1 amide bonds. The smallest absolute Gasteiger partial charge is 0.339 e. The maximum atomic E-state index is 11.4. The Labute approximate surface area is 82.3 Å². The Kier molecular flexibility index (Phi) is 3.11. The average molecular weight is 199 g/mol. The van der Waals surface area contributed by atoms with Gasteiger partial charge >= 0.3 is 5.97 Å². The van der Waals surface area contributed by atoms with Crippen LogP contribution in [0.15, 0.2) is 11.3 Å². The molecule has 0 radical (unpaired) electrons. The fourth-order valence-corrected chi connectivity index (χ4v) is 1.27. The van der Waals surface area contributed by atoms with Crippen molar-refractivity contribution in [2.75, 3.05) is 27.3 Å². The first kappa shape index (κ1) is 10.6. The highest BCUT2D eigenvalue weighted by Crippen LogP contribution is 2.19. The summed E-state index contributed by atoms with van der Waals surface area (Å²) < 4.78 is 9.66. The van der Waals surface area contributed by atoms with E-state index in [0.29, 0.717) is 5.57 Å². The number of rotatable bonds is 3. The Balaban J connectivity index is 2.89. The van der Waals surface area contributed by atoms with Crippen LogP contribution >= 0.6 is 0 Å². The third-order valence-electron chi connectivity index (χ3n) is 1.94. The summed E-state index contributed by atoms with van der Waals surface area (Å²) in [5, 5.41) is 0. The summed E-state index contributed by atoms with van der Waals surface area (Å²) >= 11 is 0. The van der Waals surface area contributed by atoms with Crippen LogP contribution in [-0.2, 0) is 19.1 Å². The van der Waals surface area contributed by atoms with Gasteiger partial charge < -0.3 is 14.4 Å². The van der Waals surface area contributed by atoms with Gasteiger partial charge in [0.2, 0.25) is 0 Å². The van der Waals surface area contributed by atoms with E-state index < -0.39 is 5.97 Å². The summed E-state index contributed by atoms with van der Waals surface area (Å²) in [5.41, 5.74) is 0.293. The van der Waals surface area contributed by atoms with E-state index in [2.05, 4.69) is 0 Å². The summed E-state index contributed by atoms with van der Waals surface area (Å²) in [5.74, 6) is -0.677. The topological polar surface area (TPSA) is 55.8 Å². The minimum Gasteiger partial charge on any atom is -0.491 e. The zero-order valence-corrected chi connectivity index (χ0v) is 8.49. The molecule has 78 valence electrons. The summed E-state index contributed by atoms with van der Waals surface area (Å²) in [6, 6.07) is 0. The predicted octanol–water partition coefficient (Wildman–Crippen LogP) is -0.0780. The van der Waals surface area contributed by atoms with Gasteiger partial charge in [-0.3, -0.25) is 4.79 Å². The molecule has 0 saturated heterocycles. The summed E-state index contributed by atoms with van der Waals surface area (Å²) in [6.45, 7) is 2.25. The number of esters is 1. The van der Waals surface area contributed by atoms with Crippen LogP contribution in [-0.4, -0.2) is 44.1 Å². The Morgan fingerprint density at radius 1 is 1.57 bits per heavy atom. The van der Waals surface area contributed by atoms with E-state index in [9.17, 15) is 9.59 Å². The third kappa shape index (κ3) is 1.71. The molecule has 0 atom stereocenters. The lowest BCUT2D eigenvalue weighted by Crippen LogP contribution is -2.22. The molecule has 0 N–H and O–H groups in total. The van der Waals surface area contributed by atoms with Gasteiger partial charge in [-0.15, -0.1) is 0 Å². The Hall–Kier alpha value is -1.52. The van der Waals surface area contributed by atoms with Crippen LogP contribution in [0.25, 0.3) is 0 Å². The molecule has 0 aromatic heterocycles. The summed E-state index contributed by atoms with van der Waals surface area (Å²) in [7, 11) is 2.97. The fraction of sp³-hybridized carbons (Fsp3) is 0.556. The number of hydrogen-bond donors (Lipinski definition) is 0. The largest absolute Gasteiger partial charge is 0.491 e. The van der Waals surface area contributed by atoms with Gasteiger partial charge in [-0.1, -0.05) is 0 Å². The first-order valence-corrected chi connectivity index (χ1v) is 4.31. The van der Waals surface area contributed by atoms with Crippen molar-refractivity contribution in [1.29, 1.82) is 0 Å². The van der Waals surface area contributed by atoms with E-state index in [4.69, 9.17) is 9.47 Å². The quantitative estimate of drug-likeness (QED) is 0.597. The van der Waals surface area contributed by atoms with E-state index in [0.717, 1.165) is 0 Å². The minimum absolute atomic E-state index is 0.0888. The number of nitrogens with zero attached hydrogens (tertiary/aromatic N) is 1. The van der Waals surface area contributed by atoms with E-state index in [1.807, 2.05) is 0 Å². The normalized spacial score (nSPS) is 16.2. The standard InChI is InChI=1S/C9H13NO4/c1-4-14-9(12)6-5-10(2)8(11)7(6)13-3/h4-5H2,1-3H3. The van der Waals surface area contributed by atoms with Crippen LogP contribution in [0.5, 0.6) is 0 Å². The number of carbonyl (C=O) groups excluding carboxylic acids is 2. The summed E-state index contributed by atoms with van der Waals surface area (Å²) in [6.07, 6.45) is 0. The predicted molar refractivity (Wildman–Crippen MR) is 48.3 cm³/mol. The van der Waals surface area contributed by atoms with Crippen LogP contribution in [0.2, 0.25) is 0 Å². The molecule has 1 aliphatic rings. The maximum Gasteiger partial charge on any atom is 0.339 e. The summed E-state index contributed by atoms with van der Waals surface area (Å²) in [4.78, 5) is 24.2. The second-order valence-corrected chi connectivity index (χ2v) is 2.89. The van der Waals surface area contributed by atoms with E-state index >= 15 is 0 Å². The molecule has 0 bridgehead atoms. The molecule has 5 nitrogen and oxygen atoms in total. The highest BCUT2D eigenvalue weighted by molar-refractivity contribution is 6.05. The van der Waals surface area contributed by atoms with E-state index in [-0.39, 0.29) is 24.8 Å². The molecule has 0 aromatic rings. The van der Waals surface area contributed by atoms with Gasteiger partial charge in [0.1, 0.15) is 5.57 Å².